The molecular weight excluding hydrogens is 414 g/mol. The number of hydrogen-bond acceptors (Lipinski definition) is 6. The SMILES string of the molecule is CN1CCN(C(=O)c2ccc(Nc3ncc4cn[nH]c4n3)cc2)CC1.C[C@H]1C[C@@H]2CC[C@@H]1C2. The summed E-state index contributed by atoms with van der Waals surface area (Å²) in [5.41, 5.74) is 2.20. The van der Waals surface area contributed by atoms with Crippen LogP contribution in [-0.4, -0.2) is 69.1 Å². The summed E-state index contributed by atoms with van der Waals surface area (Å²) in [5, 5.41) is 10.7. The van der Waals surface area contributed by atoms with E-state index in [-0.39, 0.29) is 5.91 Å². The Hall–Kier alpha value is -3.00. The van der Waals surface area contributed by atoms with E-state index in [1.54, 1.807) is 38.1 Å². The van der Waals surface area contributed by atoms with Gasteiger partial charge >= 0.3 is 0 Å². The van der Waals surface area contributed by atoms with Crippen LogP contribution in [0.3, 0.4) is 0 Å². The molecule has 3 fully saturated rings. The number of amides is 1. The molecule has 2 bridgehead atoms. The number of fused-ring (bicyclic) bond motifs is 3. The Morgan fingerprint density at radius 1 is 1.06 bits per heavy atom. The van der Waals surface area contributed by atoms with Gasteiger partial charge in [0.15, 0.2) is 5.65 Å². The van der Waals surface area contributed by atoms with E-state index in [2.05, 4.69) is 44.4 Å². The summed E-state index contributed by atoms with van der Waals surface area (Å²) in [5.74, 6) is 3.92. The zero-order chi connectivity index (χ0) is 22.8. The first-order valence-electron chi connectivity index (χ1n) is 12.1. The molecule has 3 atom stereocenters. The van der Waals surface area contributed by atoms with Gasteiger partial charge in [0, 0.05) is 43.6 Å². The van der Waals surface area contributed by atoms with Gasteiger partial charge in [-0.3, -0.25) is 9.89 Å². The smallest absolute Gasteiger partial charge is 0.253 e. The molecule has 8 nitrogen and oxygen atoms in total. The second-order valence-electron chi connectivity index (χ2n) is 9.82. The molecule has 3 aliphatic rings. The van der Waals surface area contributed by atoms with Gasteiger partial charge in [0.05, 0.1) is 11.6 Å². The Kier molecular flexibility index (Phi) is 6.26. The van der Waals surface area contributed by atoms with Crippen molar-refractivity contribution in [3.63, 3.8) is 0 Å². The molecule has 3 aromatic rings. The zero-order valence-corrected chi connectivity index (χ0v) is 19.5. The molecule has 1 aliphatic heterocycles. The van der Waals surface area contributed by atoms with Crippen LogP contribution >= 0.6 is 0 Å². The van der Waals surface area contributed by atoms with Gasteiger partial charge in [0.1, 0.15) is 0 Å². The Bertz CT molecular complexity index is 1090. The van der Waals surface area contributed by atoms with Gasteiger partial charge in [-0.15, -0.1) is 0 Å². The molecule has 8 heteroatoms. The Labute approximate surface area is 194 Å². The molecule has 1 amide bonds. The average molecular weight is 448 g/mol. The number of aromatic nitrogens is 4. The van der Waals surface area contributed by atoms with Crippen molar-refractivity contribution in [1.29, 1.82) is 0 Å². The van der Waals surface area contributed by atoms with Crippen LogP contribution in [0.1, 0.15) is 43.0 Å². The summed E-state index contributed by atoms with van der Waals surface area (Å²) in [6, 6.07) is 7.39. The average Bonchev–Trinajstić information content (AvgIpc) is 3.57. The first-order chi connectivity index (χ1) is 16.0. The maximum atomic E-state index is 12.5. The lowest BCUT2D eigenvalue weighted by atomic mass is 9.91. The number of anilines is 2. The highest BCUT2D eigenvalue weighted by molar-refractivity contribution is 5.94. The van der Waals surface area contributed by atoms with Gasteiger partial charge in [0.25, 0.3) is 5.91 Å². The molecule has 6 rings (SSSR count). The van der Waals surface area contributed by atoms with E-state index >= 15 is 0 Å². The fourth-order valence-electron chi connectivity index (χ4n) is 5.38. The Morgan fingerprint density at radius 3 is 2.48 bits per heavy atom. The van der Waals surface area contributed by atoms with E-state index in [4.69, 9.17) is 0 Å². The molecule has 1 saturated heterocycles. The summed E-state index contributed by atoms with van der Waals surface area (Å²) < 4.78 is 0. The number of aromatic amines is 1. The molecule has 2 aliphatic carbocycles. The van der Waals surface area contributed by atoms with Crippen molar-refractivity contribution in [3.8, 4) is 0 Å². The standard InChI is InChI=1S/C17H19N7O.C8H14/c1-23-6-8-24(9-7-23)16(25)12-2-4-14(5-3-12)20-17-18-10-13-11-19-22-15(13)21-17;1-6-4-7-2-3-8(6)5-7/h2-5,10-11H,6-9H2,1H3,(H2,18,19,20,21,22);6-8H,2-5H2,1H3/t;6-,7-,8+/m.0/s1. The number of benzene rings is 1. The van der Waals surface area contributed by atoms with Crippen molar-refractivity contribution in [3.05, 3.63) is 42.2 Å². The number of likely N-dealkylation sites (N-methyl/N-ethyl adjacent to an activating group) is 1. The minimum absolute atomic E-state index is 0.0785. The van der Waals surface area contributed by atoms with Gasteiger partial charge in [-0.2, -0.15) is 10.1 Å². The lowest BCUT2D eigenvalue weighted by molar-refractivity contribution is 0.0664. The molecule has 174 valence electrons. The second-order valence-corrected chi connectivity index (χ2v) is 9.82. The molecule has 2 N–H and O–H groups in total. The van der Waals surface area contributed by atoms with Crippen LogP contribution in [-0.2, 0) is 0 Å². The lowest BCUT2D eigenvalue weighted by Crippen LogP contribution is -2.47. The van der Waals surface area contributed by atoms with Gasteiger partial charge in [-0.25, -0.2) is 4.98 Å². The fraction of sp³-hybridized carbons (Fsp3) is 0.520. The molecule has 0 unspecified atom stereocenters. The summed E-state index contributed by atoms with van der Waals surface area (Å²) in [7, 11) is 2.07. The number of nitrogens with one attached hydrogen (secondary N) is 2. The molecule has 33 heavy (non-hydrogen) atoms. The minimum atomic E-state index is 0.0785. The number of hydrogen-bond donors (Lipinski definition) is 2. The predicted octanol–water partition coefficient (Wildman–Crippen LogP) is 3.93. The molecule has 1 aromatic carbocycles. The molecule has 2 saturated carbocycles. The van der Waals surface area contributed by atoms with Crippen LogP contribution in [0.4, 0.5) is 11.6 Å². The van der Waals surface area contributed by atoms with Crippen LogP contribution in [0, 0.1) is 17.8 Å². The quantitative estimate of drug-likeness (QED) is 0.632. The molecule has 2 aromatic heterocycles. The third-order valence-electron chi connectivity index (χ3n) is 7.46. The highest BCUT2D eigenvalue weighted by Crippen LogP contribution is 2.47. The number of nitrogens with zero attached hydrogens (tertiary/aromatic N) is 5. The summed E-state index contributed by atoms with van der Waals surface area (Å²) in [6.07, 6.45) is 9.60. The molecular formula is C25H33N7O. The Morgan fingerprint density at radius 2 is 1.85 bits per heavy atom. The maximum absolute atomic E-state index is 12.5. The normalized spacial score (nSPS) is 24.5. The highest BCUT2D eigenvalue weighted by atomic mass is 16.2. The summed E-state index contributed by atoms with van der Waals surface area (Å²) in [4.78, 5) is 25.3. The third kappa shape index (κ3) is 5.00. The van der Waals surface area contributed by atoms with Crippen molar-refractivity contribution in [2.24, 2.45) is 17.8 Å². The first-order valence-corrected chi connectivity index (χ1v) is 12.1. The Balaban J connectivity index is 0.000000238. The van der Waals surface area contributed by atoms with Crippen LogP contribution in [0.2, 0.25) is 0 Å². The van der Waals surface area contributed by atoms with Crippen molar-refractivity contribution in [2.75, 3.05) is 38.5 Å². The highest BCUT2D eigenvalue weighted by Gasteiger charge is 2.36. The zero-order valence-electron chi connectivity index (χ0n) is 19.5. The molecule has 0 spiro atoms. The van der Waals surface area contributed by atoms with Gasteiger partial charge < -0.3 is 15.1 Å². The van der Waals surface area contributed by atoms with Crippen molar-refractivity contribution in [2.45, 2.75) is 32.6 Å². The second kappa shape index (κ2) is 9.47. The minimum Gasteiger partial charge on any atom is -0.336 e. The number of rotatable bonds is 3. The topological polar surface area (TPSA) is 90.0 Å². The van der Waals surface area contributed by atoms with Crippen molar-refractivity contribution >= 4 is 28.6 Å². The van der Waals surface area contributed by atoms with Gasteiger partial charge in [0.2, 0.25) is 5.95 Å². The third-order valence-corrected chi connectivity index (χ3v) is 7.46. The number of piperazine rings is 1. The van der Waals surface area contributed by atoms with Crippen LogP contribution < -0.4 is 5.32 Å². The van der Waals surface area contributed by atoms with Crippen molar-refractivity contribution in [1.82, 2.24) is 30.0 Å². The first kappa shape index (κ1) is 21.8. The number of carbonyl (C=O) groups is 1. The van der Waals surface area contributed by atoms with Crippen LogP contribution in [0.15, 0.2) is 36.7 Å². The van der Waals surface area contributed by atoms with E-state index < -0.39 is 0 Å². The van der Waals surface area contributed by atoms with E-state index in [0.717, 1.165) is 55.0 Å². The lowest BCUT2D eigenvalue weighted by Gasteiger charge is -2.32. The van der Waals surface area contributed by atoms with Crippen LogP contribution in [0.5, 0.6) is 0 Å². The summed E-state index contributed by atoms with van der Waals surface area (Å²) >= 11 is 0. The molecule has 3 heterocycles. The van der Waals surface area contributed by atoms with Crippen LogP contribution in [0.25, 0.3) is 11.0 Å². The fourth-order valence-corrected chi connectivity index (χ4v) is 5.38. The van der Waals surface area contributed by atoms with E-state index in [9.17, 15) is 4.79 Å². The summed E-state index contributed by atoms with van der Waals surface area (Å²) in [6.45, 7) is 5.79. The van der Waals surface area contributed by atoms with Gasteiger partial charge in [-0.05, 0) is 68.3 Å². The largest absolute Gasteiger partial charge is 0.336 e. The maximum Gasteiger partial charge on any atom is 0.253 e. The number of H-pyrrole nitrogens is 1. The van der Waals surface area contributed by atoms with E-state index in [1.807, 2.05) is 29.2 Å². The van der Waals surface area contributed by atoms with E-state index in [0.29, 0.717) is 17.2 Å². The molecule has 0 radical (unpaired) electrons. The van der Waals surface area contributed by atoms with Crippen molar-refractivity contribution < 1.29 is 4.79 Å². The number of carbonyl (C=O) groups excluding carboxylic acids is 1. The van der Waals surface area contributed by atoms with E-state index in [1.165, 1.54) is 0 Å². The monoisotopic (exact) mass is 447 g/mol. The predicted molar refractivity (Wildman–Crippen MR) is 129 cm³/mol. The van der Waals surface area contributed by atoms with Gasteiger partial charge in [-0.1, -0.05) is 13.3 Å².